The molecule has 3 rings (SSSR count). The van der Waals surface area contributed by atoms with Crippen LogP contribution in [0.2, 0.25) is 0 Å². The third kappa shape index (κ3) is 3.94. The second-order valence-corrected chi connectivity index (χ2v) is 7.41. The van der Waals surface area contributed by atoms with Crippen LogP contribution in [-0.2, 0) is 14.9 Å². The van der Waals surface area contributed by atoms with Crippen LogP contribution in [0.4, 0.5) is 17.3 Å². The number of anilines is 1. The predicted octanol–water partition coefficient (Wildman–Crippen LogP) is 2.01. The number of carbonyl (C=O) groups is 2. The number of hydrogen-bond donors (Lipinski definition) is 4. The maximum atomic E-state index is 11.8. The molecule has 3 aromatic rings. The summed E-state index contributed by atoms with van der Waals surface area (Å²) in [6.07, 6.45) is 0. The van der Waals surface area contributed by atoms with E-state index in [1.807, 2.05) is 0 Å². The van der Waals surface area contributed by atoms with Crippen molar-refractivity contribution in [3.8, 4) is 5.75 Å². The van der Waals surface area contributed by atoms with Crippen molar-refractivity contribution in [2.75, 3.05) is 11.9 Å². The molecule has 0 aliphatic carbocycles. The number of fused-ring (bicyclic) bond motifs is 1. The number of amides is 1. The molecule has 0 bridgehead atoms. The highest BCUT2D eigenvalue weighted by molar-refractivity contribution is 7.86. The molecule has 1 amide bonds. The molecule has 0 radical (unpaired) electrons. The van der Waals surface area contributed by atoms with Crippen LogP contribution in [0.1, 0.15) is 17.5 Å². The molecule has 0 saturated carbocycles. The molecular formula is C16H14N6O7S. The van der Waals surface area contributed by atoms with E-state index in [1.54, 1.807) is 0 Å². The highest BCUT2D eigenvalue weighted by Crippen LogP contribution is 2.42. The molecule has 30 heavy (non-hydrogen) atoms. The summed E-state index contributed by atoms with van der Waals surface area (Å²) in [6, 6.07) is 5.45. The lowest BCUT2D eigenvalue weighted by Gasteiger charge is -2.16. The zero-order valence-corrected chi connectivity index (χ0v) is 16.2. The third-order valence-electron chi connectivity index (χ3n) is 4.09. The Morgan fingerprint density at radius 1 is 1.20 bits per heavy atom. The molecule has 0 saturated heterocycles. The number of aromatic amines is 1. The number of carboxylic acids is 1. The maximum absolute atomic E-state index is 11.8. The first-order chi connectivity index (χ1) is 14.0. The Balaban J connectivity index is 2.18. The molecule has 1 heterocycles. The third-order valence-corrected chi connectivity index (χ3v) is 4.95. The standard InChI is InChI=1S/C16H14N6O7S/c1-7(23)22(2)9-3-4-10-8(5-9)6-11(30(27,28)29)12(13(10)24)18-20-16-17-14(15(25)26)19-21-16/h3-6,24H,1-2H3,(H,25,26)(H,17,19,21)(H,27,28,29). The highest BCUT2D eigenvalue weighted by Gasteiger charge is 2.23. The van der Waals surface area contributed by atoms with Crippen LogP contribution in [0.25, 0.3) is 10.8 Å². The zero-order valence-electron chi connectivity index (χ0n) is 15.4. The van der Waals surface area contributed by atoms with Gasteiger partial charge in [-0.2, -0.15) is 13.4 Å². The van der Waals surface area contributed by atoms with Gasteiger partial charge in [-0.15, -0.1) is 15.3 Å². The maximum Gasteiger partial charge on any atom is 0.373 e. The number of rotatable bonds is 5. The van der Waals surface area contributed by atoms with Crippen LogP contribution in [0.15, 0.2) is 39.4 Å². The summed E-state index contributed by atoms with van der Waals surface area (Å²) in [5, 5.41) is 32.4. The first kappa shape index (κ1) is 20.8. The fraction of sp³-hybridized carbons (Fsp3) is 0.125. The number of H-pyrrole nitrogens is 1. The average Bonchev–Trinajstić information content (AvgIpc) is 3.14. The molecule has 1 aromatic heterocycles. The molecule has 0 unspecified atom stereocenters. The number of aromatic hydroxyl groups is 1. The van der Waals surface area contributed by atoms with Gasteiger partial charge in [0.05, 0.1) is 0 Å². The topological polar surface area (TPSA) is 198 Å². The van der Waals surface area contributed by atoms with Gasteiger partial charge in [-0.3, -0.25) is 14.4 Å². The van der Waals surface area contributed by atoms with Crippen molar-refractivity contribution in [2.45, 2.75) is 11.8 Å². The van der Waals surface area contributed by atoms with E-state index in [2.05, 4.69) is 25.4 Å². The Bertz CT molecular complexity index is 1320. The summed E-state index contributed by atoms with van der Waals surface area (Å²) in [5.74, 6) is -3.25. The number of carbonyl (C=O) groups excluding carboxylic acids is 1. The Labute approximate surface area is 168 Å². The van der Waals surface area contributed by atoms with Gasteiger partial charge in [0.1, 0.15) is 10.6 Å². The van der Waals surface area contributed by atoms with Gasteiger partial charge in [0, 0.05) is 25.0 Å². The number of nitrogens with one attached hydrogen (secondary N) is 1. The van der Waals surface area contributed by atoms with Crippen molar-refractivity contribution < 1.29 is 32.8 Å². The molecule has 0 aliphatic rings. The minimum absolute atomic E-state index is 0.165. The summed E-state index contributed by atoms with van der Waals surface area (Å²) in [5.41, 5.74) is -0.175. The SMILES string of the molecule is CC(=O)N(C)c1ccc2c(O)c(N=Nc3n[nH]c(C(=O)O)n3)c(S(=O)(=O)O)cc2c1. The predicted molar refractivity (Wildman–Crippen MR) is 102 cm³/mol. The summed E-state index contributed by atoms with van der Waals surface area (Å²) in [4.78, 5) is 26.4. The molecule has 0 aliphatic heterocycles. The minimum atomic E-state index is -4.85. The van der Waals surface area contributed by atoms with Gasteiger partial charge in [-0.1, -0.05) is 0 Å². The number of phenolic OH excluding ortho intramolecular Hbond substituents is 1. The van der Waals surface area contributed by atoms with Gasteiger partial charge in [0.15, 0.2) is 5.75 Å². The summed E-state index contributed by atoms with van der Waals surface area (Å²) in [7, 11) is -3.33. The zero-order chi connectivity index (χ0) is 22.2. The lowest BCUT2D eigenvalue weighted by molar-refractivity contribution is -0.116. The quantitative estimate of drug-likeness (QED) is 0.342. The number of carboxylic acid groups (broad SMARTS) is 1. The number of nitrogens with zero attached hydrogens (tertiary/aromatic N) is 5. The number of aromatic carboxylic acids is 1. The van der Waals surface area contributed by atoms with Gasteiger partial charge in [-0.25, -0.2) is 4.79 Å². The average molecular weight is 434 g/mol. The number of hydrogen-bond acceptors (Lipinski definition) is 9. The van der Waals surface area contributed by atoms with Crippen molar-refractivity contribution in [2.24, 2.45) is 10.2 Å². The fourth-order valence-electron chi connectivity index (χ4n) is 2.51. The van der Waals surface area contributed by atoms with Gasteiger partial charge >= 0.3 is 5.97 Å². The van der Waals surface area contributed by atoms with Gasteiger partial charge in [0.25, 0.3) is 16.1 Å². The van der Waals surface area contributed by atoms with Crippen LogP contribution < -0.4 is 4.90 Å². The minimum Gasteiger partial charge on any atom is -0.505 e. The molecule has 13 nitrogen and oxygen atoms in total. The molecular weight excluding hydrogens is 420 g/mol. The molecule has 4 N–H and O–H groups in total. The van der Waals surface area contributed by atoms with Gasteiger partial charge in [0.2, 0.25) is 11.7 Å². The molecule has 0 atom stereocenters. The number of benzene rings is 2. The number of aromatic nitrogens is 3. The van der Waals surface area contributed by atoms with E-state index >= 15 is 0 Å². The molecule has 0 fully saturated rings. The van der Waals surface area contributed by atoms with Crippen molar-refractivity contribution in [1.82, 2.24) is 15.2 Å². The second kappa shape index (κ2) is 7.49. The molecule has 14 heteroatoms. The Morgan fingerprint density at radius 3 is 2.47 bits per heavy atom. The fourth-order valence-corrected chi connectivity index (χ4v) is 3.17. The van der Waals surface area contributed by atoms with Crippen LogP contribution in [-0.4, -0.2) is 57.3 Å². The largest absolute Gasteiger partial charge is 0.505 e. The first-order valence-electron chi connectivity index (χ1n) is 8.08. The number of phenols is 1. The van der Waals surface area contributed by atoms with E-state index < -0.39 is 44.2 Å². The van der Waals surface area contributed by atoms with Crippen LogP contribution in [0, 0.1) is 0 Å². The van der Waals surface area contributed by atoms with E-state index in [0.29, 0.717) is 5.69 Å². The van der Waals surface area contributed by atoms with E-state index in [1.165, 1.54) is 37.1 Å². The van der Waals surface area contributed by atoms with Gasteiger partial charge in [-0.05, 0) is 29.7 Å². The normalized spacial score (nSPS) is 11.8. The smallest absolute Gasteiger partial charge is 0.373 e. The Morgan fingerprint density at radius 2 is 1.90 bits per heavy atom. The Kier molecular flexibility index (Phi) is 5.20. The van der Waals surface area contributed by atoms with E-state index in [4.69, 9.17) is 5.11 Å². The van der Waals surface area contributed by atoms with Crippen molar-refractivity contribution >= 4 is 50.1 Å². The molecule has 0 spiro atoms. The van der Waals surface area contributed by atoms with Crippen molar-refractivity contribution in [3.05, 3.63) is 30.1 Å². The van der Waals surface area contributed by atoms with Gasteiger partial charge < -0.3 is 15.1 Å². The Hall–Kier alpha value is -3.91. The first-order valence-corrected chi connectivity index (χ1v) is 9.52. The van der Waals surface area contributed by atoms with Crippen molar-refractivity contribution in [3.63, 3.8) is 0 Å². The van der Waals surface area contributed by atoms with Crippen LogP contribution in [0.3, 0.4) is 0 Å². The lowest BCUT2D eigenvalue weighted by atomic mass is 10.1. The monoisotopic (exact) mass is 434 g/mol. The van der Waals surface area contributed by atoms with E-state index in [0.717, 1.165) is 6.07 Å². The summed E-state index contributed by atoms with van der Waals surface area (Å²) < 4.78 is 33.3. The number of azo groups is 1. The van der Waals surface area contributed by atoms with Crippen LogP contribution in [0.5, 0.6) is 5.75 Å². The lowest BCUT2D eigenvalue weighted by Crippen LogP contribution is -2.22. The highest BCUT2D eigenvalue weighted by atomic mass is 32.2. The summed E-state index contributed by atoms with van der Waals surface area (Å²) >= 11 is 0. The molecule has 2 aromatic carbocycles. The van der Waals surface area contributed by atoms with E-state index in [-0.39, 0.29) is 16.7 Å². The molecule has 156 valence electrons. The second-order valence-electron chi connectivity index (χ2n) is 6.02. The van der Waals surface area contributed by atoms with E-state index in [9.17, 15) is 27.7 Å². The van der Waals surface area contributed by atoms with Crippen molar-refractivity contribution in [1.29, 1.82) is 0 Å². The van der Waals surface area contributed by atoms with Crippen LogP contribution >= 0.6 is 0 Å². The summed E-state index contributed by atoms with van der Waals surface area (Å²) in [6.45, 7) is 1.34.